The third-order valence-corrected chi connectivity index (χ3v) is 1.76. The minimum atomic E-state index is -1.12. The molecule has 1 aromatic rings. The summed E-state index contributed by atoms with van der Waals surface area (Å²) in [4.78, 5) is 20.9. The van der Waals surface area contributed by atoms with Crippen LogP contribution in [0.2, 0.25) is 0 Å². The monoisotopic (exact) mass is 226 g/mol. The molecule has 0 unspecified atom stereocenters. The van der Waals surface area contributed by atoms with Gasteiger partial charge in [-0.25, -0.2) is 9.59 Å². The van der Waals surface area contributed by atoms with Gasteiger partial charge >= 0.3 is 11.9 Å². The van der Waals surface area contributed by atoms with Crippen LogP contribution in [0, 0.1) is 0 Å². The molecule has 6 heteroatoms. The number of carbonyl (C=O) groups is 2. The third-order valence-electron chi connectivity index (χ3n) is 1.76. The average molecular weight is 226 g/mol. The number of benzene rings is 1. The highest BCUT2D eigenvalue weighted by Gasteiger charge is 2.10. The Labute approximate surface area is 91.0 Å². The molecule has 0 aromatic heterocycles. The Morgan fingerprint density at radius 3 is 2.44 bits per heavy atom. The van der Waals surface area contributed by atoms with Crippen molar-refractivity contribution in [3.05, 3.63) is 23.8 Å². The lowest BCUT2D eigenvalue weighted by Gasteiger charge is -2.09. The molecule has 0 saturated carbocycles. The van der Waals surface area contributed by atoms with Gasteiger partial charge in [-0.15, -0.1) is 0 Å². The fraction of sp³-hybridized carbons (Fsp3) is 0.200. The number of aliphatic carboxylic acids is 1. The van der Waals surface area contributed by atoms with E-state index in [1.807, 2.05) is 0 Å². The lowest BCUT2D eigenvalue weighted by Crippen LogP contribution is -2.10. The Kier molecular flexibility index (Phi) is 3.71. The van der Waals surface area contributed by atoms with Gasteiger partial charge in [-0.2, -0.15) is 0 Å². The van der Waals surface area contributed by atoms with Gasteiger partial charge in [-0.1, -0.05) is 0 Å². The number of aromatic carboxylic acids is 1. The molecule has 6 nitrogen and oxygen atoms in total. The molecular weight excluding hydrogens is 216 g/mol. The second-order valence-electron chi connectivity index (χ2n) is 2.85. The number of ether oxygens (including phenoxy) is 2. The molecule has 0 atom stereocenters. The first kappa shape index (κ1) is 11.8. The fourth-order valence-electron chi connectivity index (χ4n) is 1.06. The number of carboxylic acids is 2. The quantitative estimate of drug-likeness (QED) is 0.773. The van der Waals surface area contributed by atoms with Crippen molar-refractivity contribution >= 4 is 11.9 Å². The van der Waals surface area contributed by atoms with Crippen LogP contribution in [-0.4, -0.2) is 35.9 Å². The summed E-state index contributed by atoms with van der Waals surface area (Å²) >= 11 is 0. The molecule has 1 rings (SSSR count). The summed E-state index contributed by atoms with van der Waals surface area (Å²) in [6.45, 7) is -0.511. The fourth-order valence-corrected chi connectivity index (χ4v) is 1.06. The van der Waals surface area contributed by atoms with E-state index in [0.717, 1.165) is 0 Å². The van der Waals surface area contributed by atoms with Crippen LogP contribution in [0.1, 0.15) is 10.4 Å². The average Bonchev–Trinajstić information content (AvgIpc) is 2.25. The van der Waals surface area contributed by atoms with Gasteiger partial charge in [0.2, 0.25) is 0 Å². The lowest BCUT2D eigenvalue weighted by atomic mass is 10.2. The number of hydrogen-bond donors (Lipinski definition) is 2. The zero-order chi connectivity index (χ0) is 12.1. The predicted octanol–water partition coefficient (Wildman–Crippen LogP) is 0.857. The van der Waals surface area contributed by atoms with E-state index in [1.54, 1.807) is 0 Å². The molecule has 0 saturated heterocycles. The van der Waals surface area contributed by atoms with E-state index in [4.69, 9.17) is 19.7 Å². The number of carboxylic acid groups (broad SMARTS) is 2. The molecule has 0 bridgehead atoms. The smallest absolute Gasteiger partial charge is 0.341 e. The van der Waals surface area contributed by atoms with Crippen LogP contribution in [0.25, 0.3) is 0 Å². The van der Waals surface area contributed by atoms with Crippen molar-refractivity contribution < 1.29 is 29.3 Å². The zero-order valence-electron chi connectivity index (χ0n) is 8.47. The molecule has 0 amide bonds. The molecule has 0 aliphatic heterocycles. The maximum absolute atomic E-state index is 10.7. The summed E-state index contributed by atoms with van der Waals surface area (Å²) in [5.41, 5.74) is 0.0412. The predicted molar refractivity (Wildman–Crippen MR) is 53.1 cm³/mol. The van der Waals surface area contributed by atoms with Gasteiger partial charge in [0, 0.05) is 0 Å². The Morgan fingerprint density at radius 2 is 1.94 bits per heavy atom. The van der Waals surface area contributed by atoms with Gasteiger partial charge in [0.05, 0.1) is 12.7 Å². The first-order chi connectivity index (χ1) is 7.54. The normalized spacial score (nSPS) is 9.56. The van der Waals surface area contributed by atoms with Crippen molar-refractivity contribution in [2.24, 2.45) is 0 Å². The van der Waals surface area contributed by atoms with E-state index >= 15 is 0 Å². The van der Waals surface area contributed by atoms with Crippen LogP contribution in [0.15, 0.2) is 18.2 Å². The second-order valence-corrected chi connectivity index (χ2v) is 2.85. The zero-order valence-corrected chi connectivity index (χ0v) is 8.47. The van der Waals surface area contributed by atoms with Crippen LogP contribution < -0.4 is 9.47 Å². The number of hydrogen-bond acceptors (Lipinski definition) is 4. The van der Waals surface area contributed by atoms with Crippen molar-refractivity contribution in [3.63, 3.8) is 0 Å². The minimum absolute atomic E-state index is 0.0412. The number of methoxy groups -OCH3 is 1. The maximum Gasteiger partial charge on any atom is 0.341 e. The first-order valence-electron chi connectivity index (χ1n) is 4.30. The van der Waals surface area contributed by atoms with Crippen LogP contribution >= 0.6 is 0 Å². The standard InChI is InChI=1S/C10H10O6/c1-15-8-4-6(10(13)14)2-3-7(8)16-5-9(11)12/h2-4H,5H2,1H3,(H,11,12)(H,13,14). The first-order valence-corrected chi connectivity index (χ1v) is 4.30. The van der Waals surface area contributed by atoms with E-state index in [1.165, 1.54) is 25.3 Å². The van der Waals surface area contributed by atoms with Gasteiger partial charge in [0.1, 0.15) is 0 Å². The Balaban J connectivity index is 2.93. The Bertz CT molecular complexity index is 412. The molecule has 1 aromatic carbocycles. The largest absolute Gasteiger partial charge is 0.493 e. The Hall–Kier alpha value is -2.24. The van der Waals surface area contributed by atoms with Crippen LogP contribution in [0.5, 0.6) is 11.5 Å². The summed E-state index contributed by atoms with van der Waals surface area (Å²) in [6, 6.07) is 3.92. The SMILES string of the molecule is COc1cc(C(=O)O)ccc1OCC(=O)O. The van der Waals surface area contributed by atoms with E-state index in [-0.39, 0.29) is 17.1 Å². The van der Waals surface area contributed by atoms with Gasteiger partial charge in [0.25, 0.3) is 0 Å². The van der Waals surface area contributed by atoms with Gasteiger partial charge < -0.3 is 19.7 Å². The number of rotatable bonds is 5. The molecule has 0 spiro atoms. The highest BCUT2D eigenvalue weighted by atomic mass is 16.5. The van der Waals surface area contributed by atoms with Crippen LogP contribution in [-0.2, 0) is 4.79 Å². The summed E-state index contributed by atoms with van der Waals surface area (Å²) in [7, 11) is 1.34. The van der Waals surface area contributed by atoms with Gasteiger partial charge in [-0.3, -0.25) is 0 Å². The molecule has 86 valence electrons. The highest BCUT2D eigenvalue weighted by Crippen LogP contribution is 2.27. The van der Waals surface area contributed by atoms with Gasteiger partial charge in [0.15, 0.2) is 18.1 Å². The summed E-state index contributed by atoms with van der Waals surface area (Å²) < 4.78 is 9.79. The van der Waals surface area contributed by atoms with Crippen molar-refractivity contribution in [1.82, 2.24) is 0 Å². The summed E-state index contributed by atoms with van der Waals surface area (Å²) in [6.07, 6.45) is 0. The van der Waals surface area contributed by atoms with Gasteiger partial charge in [-0.05, 0) is 18.2 Å². The second kappa shape index (κ2) is 5.01. The molecule has 0 aliphatic carbocycles. The molecular formula is C10H10O6. The summed E-state index contributed by atoms with van der Waals surface area (Å²) in [5, 5.41) is 17.1. The Morgan fingerprint density at radius 1 is 1.25 bits per heavy atom. The topological polar surface area (TPSA) is 93.1 Å². The third kappa shape index (κ3) is 2.88. The van der Waals surface area contributed by atoms with Crippen LogP contribution in [0.4, 0.5) is 0 Å². The van der Waals surface area contributed by atoms with Crippen LogP contribution in [0.3, 0.4) is 0 Å². The minimum Gasteiger partial charge on any atom is -0.493 e. The molecule has 0 aliphatic rings. The molecule has 0 heterocycles. The highest BCUT2D eigenvalue weighted by molar-refractivity contribution is 5.88. The van der Waals surface area contributed by atoms with E-state index in [0.29, 0.717) is 0 Å². The van der Waals surface area contributed by atoms with Crippen molar-refractivity contribution in [1.29, 1.82) is 0 Å². The maximum atomic E-state index is 10.7. The van der Waals surface area contributed by atoms with E-state index in [9.17, 15) is 9.59 Å². The van der Waals surface area contributed by atoms with Crippen molar-refractivity contribution in [2.45, 2.75) is 0 Å². The summed E-state index contributed by atoms with van der Waals surface area (Å²) in [5.74, 6) is -1.84. The molecule has 0 radical (unpaired) electrons. The van der Waals surface area contributed by atoms with E-state index < -0.39 is 18.5 Å². The van der Waals surface area contributed by atoms with Crippen molar-refractivity contribution in [3.8, 4) is 11.5 Å². The molecule has 2 N–H and O–H groups in total. The molecule has 16 heavy (non-hydrogen) atoms. The van der Waals surface area contributed by atoms with Crippen molar-refractivity contribution in [2.75, 3.05) is 13.7 Å². The van der Waals surface area contributed by atoms with E-state index in [2.05, 4.69) is 0 Å². The lowest BCUT2D eigenvalue weighted by molar-refractivity contribution is -0.139. The molecule has 0 fully saturated rings.